The molecule has 0 fully saturated rings. The van der Waals surface area contributed by atoms with E-state index in [9.17, 15) is 0 Å². The normalized spacial score (nSPS) is 11.0. The highest BCUT2D eigenvalue weighted by Crippen LogP contribution is 2.20. The number of aromatic nitrogens is 3. The maximum Gasteiger partial charge on any atom is 0.158 e. The number of para-hydroxylation sites is 1. The summed E-state index contributed by atoms with van der Waals surface area (Å²) in [6, 6.07) is 10.0. The highest BCUT2D eigenvalue weighted by atomic mass is 79.9. The Labute approximate surface area is 113 Å². The first-order chi connectivity index (χ1) is 8.78. The molecule has 0 amide bonds. The number of hydrogen-bond donors (Lipinski definition) is 1. The summed E-state index contributed by atoms with van der Waals surface area (Å²) in [5.74, 6) is 0.780. The molecule has 90 valence electrons. The summed E-state index contributed by atoms with van der Waals surface area (Å²) in [4.78, 5) is 4.63. The van der Waals surface area contributed by atoms with Crippen LogP contribution in [0.15, 0.2) is 47.2 Å². The van der Waals surface area contributed by atoms with Gasteiger partial charge in [-0.1, -0.05) is 18.2 Å². The van der Waals surface area contributed by atoms with E-state index in [1.54, 1.807) is 10.9 Å². The summed E-state index contributed by atoms with van der Waals surface area (Å²) >= 11 is 3.38. The van der Waals surface area contributed by atoms with E-state index in [-0.39, 0.29) is 0 Å². The number of nitrogens with two attached hydrogens (primary N) is 1. The topological polar surface area (TPSA) is 56.7 Å². The van der Waals surface area contributed by atoms with Crippen LogP contribution in [-0.4, -0.2) is 14.8 Å². The molecule has 0 saturated heterocycles. The van der Waals surface area contributed by atoms with Gasteiger partial charge in [0.2, 0.25) is 0 Å². The van der Waals surface area contributed by atoms with Crippen molar-refractivity contribution in [3.63, 3.8) is 0 Å². The van der Waals surface area contributed by atoms with Crippen LogP contribution in [0, 0.1) is 0 Å². The van der Waals surface area contributed by atoms with Crippen molar-refractivity contribution in [3.8, 4) is 5.82 Å². The predicted molar refractivity (Wildman–Crippen MR) is 74.5 cm³/mol. The molecule has 4 nitrogen and oxygen atoms in total. The van der Waals surface area contributed by atoms with Gasteiger partial charge in [-0.15, -0.1) is 0 Å². The maximum atomic E-state index is 5.79. The molecule has 5 heteroatoms. The largest absolute Gasteiger partial charge is 0.326 e. The van der Waals surface area contributed by atoms with Gasteiger partial charge in [0.25, 0.3) is 0 Å². The van der Waals surface area contributed by atoms with Crippen LogP contribution in [0.25, 0.3) is 16.7 Å². The fourth-order valence-corrected chi connectivity index (χ4v) is 2.20. The lowest BCUT2D eigenvalue weighted by atomic mass is 10.1. The van der Waals surface area contributed by atoms with Crippen LogP contribution >= 0.6 is 15.9 Å². The molecule has 18 heavy (non-hydrogen) atoms. The Morgan fingerprint density at radius 3 is 2.83 bits per heavy atom. The monoisotopic (exact) mass is 302 g/mol. The van der Waals surface area contributed by atoms with Crippen LogP contribution in [0.1, 0.15) is 5.56 Å². The third kappa shape index (κ3) is 1.91. The molecular weight excluding hydrogens is 292 g/mol. The molecule has 0 aliphatic rings. The first-order valence-corrected chi connectivity index (χ1v) is 6.36. The van der Waals surface area contributed by atoms with Crippen molar-refractivity contribution < 1.29 is 0 Å². The van der Waals surface area contributed by atoms with E-state index in [1.807, 2.05) is 30.5 Å². The smallest absolute Gasteiger partial charge is 0.158 e. The van der Waals surface area contributed by atoms with Gasteiger partial charge in [0.1, 0.15) is 0 Å². The van der Waals surface area contributed by atoms with Gasteiger partial charge in [-0.05, 0) is 28.1 Å². The van der Waals surface area contributed by atoms with E-state index in [4.69, 9.17) is 5.73 Å². The Balaban J connectivity index is 2.26. The maximum absolute atomic E-state index is 5.79. The van der Waals surface area contributed by atoms with E-state index >= 15 is 0 Å². The predicted octanol–water partition coefficient (Wildman–Crippen LogP) is 2.64. The quantitative estimate of drug-likeness (QED) is 0.792. The molecule has 2 heterocycles. The van der Waals surface area contributed by atoms with Crippen LogP contribution in [-0.2, 0) is 6.54 Å². The van der Waals surface area contributed by atoms with Crippen molar-refractivity contribution in [2.45, 2.75) is 6.54 Å². The summed E-state index contributed by atoms with van der Waals surface area (Å²) in [5, 5.41) is 5.34. The van der Waals surface area contributed by atoms with Gasteiger partial charge in [-0.2, -0.15) is 5.10 Å². The molecule has 2 aromatic heterocycles. The lowest BCUT2D eigenvalue weighted by Crippen LogP contribution is -2.07. The number of hydrogen-bond acceptors (Lipinski definition) is 3. The van der Waals surface area contributed by atoms with Gasteiger partial charge in [-0.3, -0.25) is 0 Å². The zero-order valence-electron chi connectivity index (χ0n) is 9.55. The standard InChI is InChI=1S/C13H11BrN4/c14-11-7-16-18(8-11)13-10(6-15)5-9-3-1-2-4-12(9)17-13/h1-5,7-8H,6,15H2. The molecule has 3 rings (SSSR count). The minimum Gasteiger partial charge on any atom is -0.326 e. The minimum atomic E-state index is 0.435. The van der Waals surface area contributed by atoms with Crippen molar-refractivity contribution >= 4 is 26.8 Å². The summed E-state index contributed by atoms with van der Waals surface area (Å²) in [6.45, 7) is 0.435. The number of halogens is 1. The summed E-state index contributed by atoms with van der Waals surface area (Å²) in [7, 11) is 0. The number of pyridine rings is 1. The number of nitrogens with zero attached hydrogens (tertiary/aromatic N) is 3. The minimum absolute atomic E-state index is 0.435. The van der Waals surface area contributed by atoms with Gasteiger partial charge in [0.15, 0.2) is 5.82 Å². The summed E-state index contributed by atoms with van der Waals surface area (Å²) in [5.41, 5.74) is 7.71. The number of fused-ring (bicyclic) bond motifs is 1. The van der Waals surface area contributed by atoms with E-state index in [2.05, 4.69) is 32.1 Å². The van der Waals surface area contributed by atoms with Crippen LogP contribution in [0.3, 0.4) is 0 Å². The molecule has 0 unspecified atom stereocenters. The van der Waals surface area contributed by atoms with Gasteiger partial charge >= 0.3 is 0 Å². The second-order valence-electron chi connectivity index (χ2n) is 3.97. The second kappa shape index (κ2) is 4.51. The van der Waals surface area contributed by atoms with Crippen molar-refractivity contribution in [1.82, 2.24) is 14.8 Å². The zero-order chi connectivity index (χ0) is 12.5. The van der Waals surface area contributed by atoms with E-state index in [0.717, 1.165) is 26.8 Å². The molecular formula is C13H11BrN4. The first-order valence-electron chi connectivity index (χ1n) is 5.57. The Bertz CT molecular complexity index is 705. The van der Waals surface area contributed by atoms with Gasteiger partial charge in [0, 0.05) is 23.7 Å². The Hall–Kier alpha value is -1.72. The molecule has 0 spiro atoms. The first kappa shape index (κ1) is 11.4. The second-order valence-corrected chi connectivity index (χ2v) is 4.89. The molecule has 0 saturated carbocycles. The van der Waals surface area contributed by atoms with Crippen LogP contribution in [0.4, 0.5) is 0 Å². The van der Waals surface area contributed by atoms with E-state index in [0.29, 0.717) is 6.54 Å². The summed E-state index contributed by atoms with van der Waals surface area (Å²) < 4.78 is 2.65. The lowest BCUT2D eigenvalue weighted by Gasteiger charge is -2.08. The average molecular weight is 303 g/mol. The molecule has 0 aliphatic heterocycles. The van der Waals surface area contributed by atoms with E-state index < -0.39 is 0 Å². The SMILES string of the molecule is NCc1cc2ccccc2nc1-n1cc(Br)cn1. The average Bonchev–Trinajstić information content (AvgIpc) is 2.83. The molecule has 0 aliphatic carbocycles. The highest BCUT2D eigenvalue weighted by molar-refractivity contribution is 9.10. The molecule has 0 atom stereocenters. The highest BCUT2D eigenvalue weighted by Gasteiger charge is 2.08. The Kier molecular flexibility index (Phi) is 2.85. The Morgan fingerprint density at radius 1 is 1.28 bits per heavy atom. The fraction of sp³-hybridized carbons (Fsp3) is 0.0769. The van der Waals surface area contributed by atoms with Crippen LogP contribution in [0.2, 0.25) is 0 Å². The van der Waals surface area contributed by atoms with Crippen molar-refractivity contribution in [2.75, 3.05) is 0 Å². The molecule has 0 bridgehead atoms. The lowest BCUT2D eigenvalue weighted by molar-refractivity contribution is 0.830. The molecule has 3 aromatic rings. The Morgan fingerprint density at radius 2 is 2.11 bits per heavy atom. The fourth-order valence-electron chi connectivity index (χ4n) is 1.91. The van der Waals surface area contributed by atoms with Gasteiger partial charge in [0.05, 0.1) is 16.2 Å². The van der Waals surface area contributed by atoms with Crippen LogP contribution < -0.4 is 5.73 Å². The number of rotatable bonds is 2. The third-order valence-corrected chi connectivity index (χ3v) is 3.18. The van der Waals surface area contributed by atoms with Crippen molar-refractivity contribution in [1.29, 1.82) is 0 Å². The van der Waals surface area contributed by atoms with Crippen LogP contribution in [0.5, 0.6) is 0 Å². The number of benzene rings is 1. The van der Waals surface area contributed by atoms with Gasteiger partial charge < -0.3 is 5.73 Å². The summed E-state index contributed by atoms with van der Waals surface area (Å²) in [6.07, 6.45) is 3.60. The van der Waals surface area contributed by atoms with E-state index in [1.165, 1.54) is 0 Å². The van der Waals surface area contributed by atoms with Crippen molar-refractivity contribution in [2.24, 2.45) is 5.73 Å². The van der Waals surface area contributed by atoms with Crippen molar-refractivity contribution in [3.05, 3.63) is 52.8 Å². The van der Waals surface area contributed by atoms with Gasteiger partial charge in [-0.25, -0.2) is 9.67 Å². The third-order valence-electron chi connectivity index (χ3n) is 2.77. The molecule has 2 N–H and O–H groups in total. The zero-order valence-corrected chi connectivity index (χ0v) is 11.1. The molecule has 0 radical (unpaired) electrons. The molecule has 1 aromatic carbocycles.